The van der Waals surface area contributed by atoms with Crippen molar-refractivity contribution >= 4 is 23.9 Å². The lowest BCUT2D eigenvalue weighted by molar-refractivity contribution is -0.148. The van der Waals surface area contributed by atoms with Crippen molar-refractivity contribution in [2.75, 3.05) is 18.0 Å². The van der Waals surface area contributed by atoms with E-state index >= 15 is 0 Å². The maximum Gasteiger partial charge on any atom is 0.416 e. The zero-order chi connectivity index (χ0) is 31.4. The van der Waals surface area contributed by atoms with E-state index in [1.54, 1.807) is 13.0 Å². The Bertz CT molecular complexity index is 900. The highest BCUT2D eigenvalue weighted by Gasteiger charge is 2.44. The first-order valence-corrected chi connectivity index (χ1v) is 14.4. The SMILES string of the molecule is CC.CCCC(=O)O.CCCC1(CCC)OC(=O)C(C)=C1C=O.CCCN(CCC)c1cccc(C(F)(F)F)c1. The largest absolute Gasteiger partial charge is 0.481 e. The number of hydrogen-bond acceptors (Lipinski definition) is 5. The molecular formula is C31H50F3NO5. The Labute approximate surface area is 239 Å². The lowest BCUT2D eigenvalue weighted by atomic mass is 9.85. The Kier molecular flexibility index (Phi) is 20.6. The van der Waals surface area contributed by atoms with Gasteiger partial charge in [0.15, 0.2) is 6.29 Å². The van der Waals surface area contributed by atoms with Gasteiger partial charge in [-0.05, 0) is 57.2 Å². The number of hydrogen-bond donors (Lipinski definition) is 1. The molecule has 1 aliphatic heterocycles. The molecule has 0 bridgehead atoms. The predicted octanol–water partition coefficient (Wildman–Crippen LogP) is 8.63. The third kappa shape index (κ3) is 13.5. The Balaban J connectivity index is 0. The summed E-state index contributed by atoms with van der Waals surface area (Å²) in [5.74, 6) is -1.04. The van der Waals surface area contributed by atoms with Gasteiger partial charge in [-0.2, -0.15) is 13.2 Å². The van der Waals surface area contributed by atoms with Crippen molar-refractivity contribution in [3.05, 3.63) is 41.0 Å². The molecule has 9 heteroatoms. The highest BCUT2D eigenvalue weighted by Crippen LogP contribution is 2.39. The van der Waals surface area contributed by atoms with Gasteiger partial charge in [0.25, 0.3) is 0 Å². The predicted molar refractivity (Wildman–Crippen MR) is 156 cm³/mol. The third-order valence-electron chi connectivity index (χ3n) is 5.90. The van der Waals surface area contributed by atoms with Crippen LogP contribution in [0.25, 0.3) is 0 Å². The second kappa shape index (κ2) is 21.0. The summed E-state index contributed by atoms with van der Waals surface area (Å²) in [6.07, 6.45) is 2.67. The molecule has 0 unspecified atom stereocenters. The van der Waals surface area contributed by atoms with E-state index < -0.39 is 23.3 Å². The topological polar surface area (TPSA) is 83.9 Å². The van der Waals surface area contributed by atoms with E-state index in [1.807, 2.05) is 53.4 Å². The molecular weight excluding hydrogens is 523 g/mol. The van der Waals surface area contributed by atoms with Crippen molar-refractivity contribution in [1.29, 1.82) is 0 Å². The maximum absolute atomic E-state index is 12.6. The summed E-state index contributed by atoms with van der Waals surface area (Å²) in [5, 5.41) is 7.91. The molecule has 0 amide bonds. The molecule has 0 fully saturated rings. The van der Waals surface area contributed by atoms with Gasteiger partial charge in [-0.25, -0.2) is 4.79 Å². The number of cyclic esters (lactones) is 1. The molecule has 0 spiro atoms. The first-order valence-electron chi connectivity index (χ1n) is 14.4. The molecule has 0 radical (unpaired) electrons. The fourth-order valence-electron chi connectivity index (χ4n) is 4.26. The van der Waals surface area contributed by atoms with Crippen LogP contribution in [0.3, 0.4) is 0 Å². The third-order valence-corrected chi connectivity index (χ3v) is 5.90. The lowest BCUT2D eigenvalue weighted by Gasteiger charge is -2.28. The number of halogens is 3. The fourth-order valence-corrected chi connectivity index (χ4v) is 4.26. The lowest BCUT2D eigenvalue weighted by Crippen LogP contribution is -2.32. The number of esters is 1. The van der Waals surface area contributed by atoms with Gasteiger partial charge in [0.1, 0.15) is 5.60 Å². The number of anilines is 1. The van der Waals surface area contributed by atoms with Crippen LogP contribution >= 0.6 is 0 Å². The van der Waals surface area contributed by atoms with Crippen LogP contribution in [0.4, 0.5) is 18.9 Å². The molecule has 0 aromatic heterocycles. The first kappa shape index (κ1) is 39.3. The van der Waals surface area contributed by atoms with E-state index in [1.165, 1.54) is 12.1 Å². The van der Waals surface area contributed by atoms with Crippen LogP contribution < -0.4 is 4.90 Å². The van der Waals surface area contributed by atoms with Crippen molar-refractivity contribution in [2.24, 2.45) is 0 Å². The van der Waals surface area contributed by atoms with Crippen LogP contribution in [0, 0.1) is 0 Å². The van der Waals surface area contributed by atoms with E-state index in [0.717, 1.165) is 70.4 Å². The van der Waals surface area contributed by atoms with Crippen LogP contribution in [0.15, 0.2) is 35.4 Å². The summed E-state index contributed by atoms with van der Waals surface area (Å²) in [7, 11) is 0. The maximum atomic E-state index is 12.6. The summed E-state index contributed by atoms with van der Waals surface area (Å²) >= 11 is 0. The van der Waals surface area contributed by atoms with Gasteiger partial charge < -0.3 is 14.7 Å². The van der Waals surface area contributed by atoms with E-state index in [9.17, 15) is 27.6 Å². The van der Waals surface area contributed by atoms with Crippen LogP contribution in [0.2, 0.25) is 0 Å². The number of nitrogens with zero attached hydrogens (tertiary/aromatic N) is 1. The molecule has 230 valence electrons. The smallest absolute Gasteiger partial charge is 0.416 e. The number of ether oxygens (including phenoxy) is 1. The summed E-state index contributed by atoms with van der Waals surface area (Å²) in [5.41, 5.74) is 0.478. The van der Waals surface area contributed by atoms with Gasteiger partial charge in [-0.15, -0.1) is 0 Å². The molecule has 0 aliphatic carbocycles. The number of carbonyl (C=O) groups excluding carboxylic acids is 2. The van der Waals surface area contributed by atoms with Gasteiger partial charge in [0.05, 0.1) is 5.56 Å². The number of benzene rings is 1. The Hall–Kier alpha value is -2.84. The van der Waals surface area contributed by atoms with E-state index in [2.05, 4.69) is 0 Å². The van der Waals surface area contributed by atoms with Crippen molar-refractivity contribution in [1.82, 2.24) is 0 Å². The molecule has 1 N–H and O–H groups in total. The van der Waals surface area contributed by atoms with Crippen molar-refractivity contribution in [2.45, 2.75) is 119 Å². The Morgan fingerprint density at radius 1 is 0.975 bits per heavy atom. The molecule has 1 aromatic rings. The Morgan fingerprint density at radius 2 is 1.50 bits per heavy atom. The summed E-state index contributed by atoms with van der Waals surface area (Å²) in [6.45, 7) is 17.2. The normalized spacial score (nSPS) is 13.5. The second-order valence-corrected chi connectivity index (χ2v) is 9.22. The molecule has 40 heavy (non-hydrogen) atoms. The monoisotopic (exact) mass is 573 g/mol. The zero-order valence-corrected chi connectivity index (χ0v) is 25.6. The molecule has 6 nitrogen and oxygen atoms in total. The number of carboxylic acid groups (broad SMARTS) is 1. The number of alkyl halides is 3. The highest BCUT2D eigenvalue weighted by atomic mass is 19.4. The van der Waals surface area contributed by atoms with Crippen LogP contribution in [0.1, 0.15) is 112 Å². The summed E-state index contributed by atoms with van der Waals surface area (Å²) < 4.78 is 43.2. The van der Waals surface area contributed by atoms with Gasteiger partial charge in [0, 0.05) is 36.3 Å². The molecule has 0 saturated heterocycles. The van der Waals surface area contributed by atoms with Crippen molar-refractivity contribution < 1.29 is 37.4 Å². The molecule has 1 aliphatic rings. The number of rotatable bonds is 12. The minimum Gasteiger partial charge on any atom is -0.481 e. The molecule has 0 saturated carbocycles. The average molecular weight is 574 g/mol. The first-order chi connectivity index (χ1) is 18.9. The van der Waals surface area contributed by atoms with E-state index in [-0.39, 0.29) is 5.97 Å². The molecule has 1 heterocycles. The van der Waals surface area contributed by atoms with E-state index in [4.69, 9.17) is 9.84 Å². The molecule has 0 atom stereocenters. The number of carboxylic acids is 1. The number of aldehydes is 1. The standard InChI is InChI=1S/C13H18F3N.C12H18O3.C4H8O2.C2H6/c1-3-8-17(9-4-2)12-7-5-6-11(10-12)13(14,15)16;1-4-6-12(7-5-2)10(8-13)9(3)11(14)15-12;1-2-3-4(5)6;1-2/h5-7,10H,3-4,8-9H2,1-2H3;8H,4-7H2,1-3H3;2-3H2,1H3,(H,5,6);1-2H3. The number of aliphatic carboxylic acids is 1. The zero-order valence-electron chi connectivity index (χ0n) is 25.6. The fraction of sp³-hybridized carbons (Fsp3) is 0.645. The van der Waals surface area contributed by atoms with Crippen LogP contribution in [-0.4, -0.2) is 42.0 Å². The second-order valence-electron chi connectivity index (χ2n) is 9.22. The van der Waals surface area contributed by atoms with Crippen molar-refractivity contribution in [3.8, 4) is 0 Å². The summed E-state index contributed by atoms with van der Waals surface area (Å²) in [4.78, 5) is 34.1. The molecule has 2 rings (SSSR count). The van der Waals surface area contributed by atoms with Crippen LogP contribution in [-0.2, 0) is 25.3 Å². The minimum absolute atomic E-state index is 0.292. The highest BCUT2D eigenvalue weighted by molar-refractivity contribution is 6.00. The van der Waals surface area contributed by atoms with Gasteiger partial charge in [-0.1, -0.05) is 67.4 Å². The van der Waals surface area contributed by atoms with E-state index in [0.29, 0.717) is 23.3 Å². The van der Waals surface area contributed by atoms with Gasteiger partial charge >= 0.3 is 18.1 Å². The van der Waals surface area contributed by atoms with Gasteiger partial charge in [0.2, 0.25) is 0 Å². The minimum atomic E-state index is -4.26. The summed E-state index contributed by atoms with van der Waals surface area (Å²) in [6, 6.07) is 5.54. The van der Waals surface area contributed by atoms with Gasteiger partial charge in [-0.3, -0.25) is 9.59 Å². The average Bonchev–Trinajstić information content (AvgIpc) is 3.14. The molecule has 1 aromatic carbocycles. The Morgan fingerprint density at radius 3 is 1.85 bits per heavy atom. The number of carbonyl (C=O) groups is 3. The van der Waals surface area contributed by atoms with Crippen LogP contribution in [0.5, 0.6) is 0 Å². The van der Waals surface area contributed by atoms with Crippen molar-refractivity contribution in [3.63, 3.8) is 0 Å². The quantitative estimate of drug-likeness (QED) is 0.199.